The summed E-state index contributed by atoms with van der Waals surface area (Å²) in [6, 6.07) is 8.36. The van der Waals surface area contributed by atoms with E-state index in [1.54, 1.807) is 0 Å². The molecule has 0 aliphatic rings. The topological polar surface area (TPSA) is 32.3 Å². The van der Waals surface area contributed by atoms with E-state index in [9.17, 15) is 4.79 Å². The van der Waals surface area contributed by atoms with Crippen LogP contribution in [-0.4, -0.2) is 38.0 Å². The van der Waals surface area contributed by atoms with Crippen LogP contribution in [0.25, 0.3) is 0 Å². The van der Waals surface area contributed by atoms with Gasteiger partial charge in [0.25, 0.3) is 0 Å². The maximum atomic E-state index is 11.6. The van der Waals surface area contributed by atoms with Crippen molar-refractivity contribution in [2.24, 2.45) is 0 Å². The lowest BCUT2D eigenvalue weighted by molar-refractivity contribution is -0.121. The van der Waals surface area contributed by atoms with Crippen molar-refractivity contribution in [3.63, 3.8) is 0 Å². The van der Waals surface area contributed by atoms with Crippen LogP contribution in [0.2, 0.25) is 0 Å². The second-order valence-corrected chi connectivity index (χ2v) is 4.93. The van der Waals surface area contributed by atoms with Crippen molar-refractivity contribution in [2.75, 3.05) is 27.2 Å². The SMILES string of the molecule is Cc1ccccc1CCCC(=O)NCCN(C)C. The average Bonchev–Trinajstić information content (AvgIpc) is 2.31. The minimum Gasteiger partial charge on any atom is -0.355 e. The molecule has 0 heterocycles. The molecule has 0 aliphatic carbocycles. The van der Waals surface area contributed by atoms with Crippen molar-refractivity contribution in [3.8, 4) is 0 Å². The summed E-state index contributed by atoms with van der Waals surface area (Å²) in [6.45, 7) is 3.74. The van der Waals surface area contributed by atoms with E-state index in [1.165, 1.54) is 11.1 Å². The Kier molecular flexibility index (Phi) is 6.44. The largest absolute Gasteiger partial charge is 0.355 e. The van der Waals surface area contributed by atoms with Gasteiger partial charge in [-0.1, -0.05) is 24.3 Å². The van der Waals surface area contributed by atoms with Crippen LogP contribution in [-0.2, 0) is 11.2 Å². The molecule has 3 nitrogen and oxygen atoms in total. The number of hydrogen-bond acceptors (Lipinski definition) is 2. The quantitative estimate of drug-likeness (QED) is 0.800. The Morgan fingerprint density at radius 3 is 2.67 bits per heavy atom. The van der Waals surface area contributed by atoms with Gasteiger partial charge in [0, 0.05) is 19.5 Å². The van der Waals surface area contributed by atoms with Crippen LogP contribution in [0, 0.1) is 6.92 Å². The highest BCUT2D eigenvalue weighted by atomic mass is 16.1. The molecular formula is C15H24N2O. The van der Waals surface area contributed by atoms with E-state index >= 15 is 0 Å². The minimum atomic E-state index is 0.158. The summed E-state index contributed by atoms with van der Waals surface area (Å²) in [7, 11) is 4.01. The fraction of sp³-hybridized carbons (Fsp3) is 0.533. The van der Waals surface area contributed by atoms with Crippen LogP contribution in [0.3, 0.4) is 0 Å². The summed E-state index contributed by atoms with van der Waals surface area (Å²) in [6.07, 6.45) is 2.51. The Labute approximate surface area is 110 Å². The number of nitrogens with zero attached hydrogens (tertiary/aromatic N) is 1. The monoisotopic (exact) mass is 248 g/mol. The third-order valence-electron chi connectivity index (χ3n) is 2.99. The molecule has 1 rings (SSSR count). The van der Waals surface area contributed by atoms with E-state index in [-0.39, 0.29) is 5.91 Å². The summed E-state index contributed by atoms with van der Waals surface area (Å²) in [4.78, 5) is 13.6. The van der Waals surface area contributed by atoms with Crippen LogP contribution in [0.5, 0.6) is 0 Å². The maximum absolute atomic E-state index is 11.6. The molecule has 0 unspecified atom stereocenters. The minimum absolute atomic E-state index is 0.158. The maximum Gasteiger partial charge on any atom is 0.220 e. The van der Waals surface area contributed by atoms with Gasteiger partial charge in [-0.3, -0.25) is 4.79 Å². The van der Waals surface area contributed by atoms with Crippen LogP contribution >= 0.6 is 0 Å². The number of nitrogens with one attached hydrogen (secondary N) is 1. The first kappa shape index (κ1) is 14.7. The summed E-state index contributed by atoms with van der Waals surface area (Å²) in [5.41, 5.74) is 2.66. The highest BCUT2D eigenvalue weighted by Gasteiger charge is 2.02. The van der Waals surface area contributed by atoms with Gasteiger partial charge < -0.3 is 10.2 Å². The van der Waals surface area contributed by atoms with Gasteiger partial charge >= 0.3 is 0 Å². The van der Waals surface area contributed by atoms with E-state index in [0.717, 1.165) is 25.9 Å². The predicted octanol–water partition coefficient (Wildman–Crippen LogP) is 2.00. The third kappa shape index (κ3) is 5.82. The average molecular weight is 248 g/mol. The Morgan fingerprint density at radius 1 is 1.28 bits per heavy atom. The van der Waals surface area contributed by atoms with Crippen molar-refractivity contribution in [2.45, 2.75) is 26.2 Å². The number of likely N-dealkylation sites (N-methyl/N-ethyl adjacent to an activating group) is 1. The van der Waals surface area contributed by atoms with Crippen molar-refractivity contribution >= 4 is 5.91 Å². The Hall–Kier alpha value is -1.35. The zero-order valence-corrected chi connectivity index (χ0v) is 11.7. The molecule has 0 aromatic heterocycles. The molecule has 1 N–H and O–H groups in total. The molecule has 0 saturated carbocycles. The molecule has 0 bridgehead atoms. The predicted molar refractivity (Wildman–Crippen MR) is 75.7 cm³/mol. The van der Waals surface area contributed by atoms with Gasteiger partial charge in [0.2, 0.25) is 5.91 Å². The summed E-state index contributed by atoms with van der Waals surface area (Å²) in [5.74, 6) is 0.158. The summed E-state index contributed by atoms with van der Waals surface area (Å²) in [5, 5.41) is 2.93. The third-order valence-corrected chi connectivity index (χ3v) is 2.99. The van der Waals surface area contributed by atoms with Crippen molar-refractivity contribution in [3.05, 3.63) is 35.4 Å². The standard InChI is InChI=1S/C15H24N2O/c1-13-7-4-5-8-14(13)9-6-10-15(18)16-11-12-17(2)3/h4-5,7-8H,6,9-12H2,1-3H3,(H,16,18). The lowest BCUT2D eigenvalue weighted by Gasteiger charge is -2.10. The van der Waals surface area contributed by atoms with E-state index in [0.29, 0.717) is 6.42 Å². The van der Waals surface area contributed by atoms with Crippen LogP contribution in [0.15, 0.2) is 24.3 Å². The van der Waals surface area contributed by atoms with E-state index in [2.05, 4.69) is 35.3 Å². The fourth-order valence-electron chi connectivity index (χ4n) is 1.84. The number of carbonyl (C=O) groups is 1. The van der Waals surface area contributed by atoms with Crippen LogP contribution in [0.4, 0.5) is 0 Å². The lowest BCUT2D eigenvalue weighted by atomic mass is 10.0. The van der Waals surface area contributed by atoms with E-state index in [1.807, 2.05) is 20.2 Å². The van der Waals surface area contributed by atoms with Gasteiger partial charge in [0.1, 0.15) is 0 Å². The normalized spacial score (nSPS) is 10.7. The molecule has 1 aromatic carbocycles. The molecule has 0 saturated heterocycles. The van der Waals surface area contributed by atoms with Crippen LogP contribution < -0.4 is 5.32 Å². The Bertz CT molecular complexity index is 375. The number of aryl methyl sites for hydroxylation is 2. The molecule has 0 aliphatic heterocycles. The number of rotatable bonds is 7. The van der Waals surface area contributed by atoms with Gasteiger partial charge in [0.15, 0.2) is 0 Å². The molecule has 0 radical (unpaired) electrons. The molecule has 3 heteroatoms. The smallest absolute Gasteiger partial charge is 0.220 e. The van der Waals surface area contributed by atoms with Gasteiger partial charge in [0.05, 0.1) is 0 Å². The zero-order chi connectivity index (χ0) is 13.4. The number of amides is 1. The highest BCUT2D eigenvalue weighted by Crippen LogP contribution is 2.10. The molecule has 0 atom stereocenters. The molecule has 1 amide bonds. The van der Waals surface area contributed by atoms with Gasteiger partial charge in [-0.25, -0.2) is 0 Å². The molecule has 18 heavy (non-hydrogen) atoms. The number of benzene rings is 1. The molecule has 1 aromatic rings. The summed E-state index contributed by atoms with van der Waals surface area (Å²) >= 11 is 0. The molecule has 0 fully saturated rings. The number of hydrogen-bond donors (Lipinski definition) is 1. The van der Waals surface area contributed by atoms with E-state index < -0.39 is 0 Å². The molecule has 0 spiro atoms. The first-order chi connectivity index (χ1) is 8.59. The second kappa shape index (κ2) is 7.88. The second-order valence-electron chi connectivity index (χ2n) is 4.93. The van der Waals surface area contributed by atoms with Crippen molar-refractivity contribution < 1.29 is 4.79 Å². The molecular weight excluding hydrogens is 224 g/mol. The van der Waals surface area contributed by atoms with Crippen molar-refractivity contribution in [1.29, 1.82) is 0 Å². The van der Waals surface area contributed by atoms with Crippen LogP contribution in [0.1, 0.15) is 24.0 Å². The fourth-order valence-corrected chi connectivity index (χ4v) is 1.84. The Balaban J connectivity index is 2.18. The van der Waals surface area contributed by atoms with Gasteiger partial charge in [-0.05, 0) is 45.0 Å². The first-order valence-electron chi connectivity index (χ1n) is 6.55. The first-order valence-corrected chi connectivity index (χ1v) is 6.55. The zero-order valence-electron chi connectivity index (χ0n) is 11.7. The highest BCUT2D eigenvalue weighted by molar-refractivity contribution is 5.75. The lowest BCUT2D eigenvalue weighted by Crippen LogP contribution is -2.31. The van der Waals surface area contributed by atoms with Gasteiger partial charge in [-0.15, -0.1) is 0 Å². The van der Waals surface area contributed by atoms with Gasteiger partial charge in [-0.2, -0.15) is 0 Å². The number of carbonyl (C=O) groups excluding carboxylic acids is 1. The molecule has 100 valence electrons. The Morgan fingerprint density at radius 2 is 2.00 bits per heavy atom. The summed E-state index contributed by atoms with van der Waals surface area (Å²) < 4.78 is 0. The van der Waals surface area contributed by atoms with E-state index in [4.69, 9.17) is 0 Å². The van der Waals surface area contributed by atoms with Crippen molar-refractivity contribution in [1.82, 2.24) is 10.2 Å².